The zero-order valence-corrected chi connectivity index (χ0v) is 12.0. The van der Waals surface area contributed by atoms with Crippen molar-refractivity contribution >= 4 is 22.9 Å². The molecule has 1 aromatic heterocycles. The summed E-state index contributed by atoms with van der Waals surface area (Å²) in [7, 11) is 0. The minimum absolute atomic E-state index is 0.122. The Kier molecular flexibility index (Phi) is 4.70. The summed E-state index contributed by atoms with van der Waals surface area (Å²) in [6.07, 6.45) is 0.977. The van der Waals surface area contributed by atoms with Gasteiger partial charge in [-0.15, -0.1) is 11.3 Å². The van der Waals surface area contributed by atoms with Gasteiger partial charge in [0.15, 0.2) is 0 Å². The van der Waals surface area contributed by atoms with Crippen LogP contribution in [0.25, 0.3) is 0 Å². The lowest BCUT2D eigenvalue weighted by Crippen LogP contribution is -2.15. The van der Waals surface area contributed by atoms with Crippen LogP contribution in [0.1, 0.15) is 16.3 Å². The van der Waals surface area contributed by atoms with Crippen molar-refractivity contribution < 1.29 is 9.90 Å². The summed E-state index contributed by atoms with van der Waals surface area (Å²) in [6, 6.07) is 4.84. The van der Waals surface area contributed by atoms with Crippen LogP contribution in [0.3, 0.4) is 0 Å². The van der Waals surface area contributed by atoms with E-state index in [9.17, 15) is 9.90 Å². The van der Waals surface area contributed by atoms with Crippen LogP contribution in [0.2, 0.25) is 0 Å². The van der Waals surface area contributed by atoms with Crippen LogP contribution in [-0.2, 0) is 17.6 Å². The molecule has 0 aliphatic carbocycles. The summed E-state index contributed by atoms with van der Waals surface area (Å²) in [5, 5.41) is 15.0. The molecule has 6 heteroatoms. The normalized spacial score (nSPS) is 10.5. The third-order valence-electron chi connectivity index (χ3n) is 2.78. The van der Waals surface area contributed by atoms with Crippen molar-refractivity contribution in [2.75, 3.05) is 11.9 Å². The number of benzene rings is 1. The topological polar surface area (TPSA) is 88.2 Å². The van der Waals surface area contributed by atoms with Crippen LogP contribution >= 0.6 is 11.3 Å². The summed E-state index contributed by atoms with van der Waals surface area (Å²) in [5.74, 6) is 0.0646. The van der Waals surface area contributed by atoms with E-state index in [2.05, 4.69) is 10.3 Å². The number of aromatic hydroxyl groups is 1. The van der Waals surface area contributed by atoms with Crippen molar-refractivity contribution in [1.82, 2.24) is 4.98 Å². The Labute approximate surface area is 121 Å². The number of rotatable bonds is 5. The van der Waals surface area contributed by atoms with Crippen molar-refractivity contribution in [3.8, 4) is 5.75 Å². The molecule has 0 saturated carbocycles. The Morgan fingerprint density at radius 1 is 1.50 bits per heavy atom. The number of phenols is 1. The molecule has 20 heavy (non-hydrogen) atoms. The van der Waals surface area contributed by atoms with Crippen LogP contribution in [0.5, 0.6) is 5.75 Å². The number of phenolic OH excluding ortho intramolecular Hbond substituents is 1. The fourth-order valence-corrected chi connectivity index (χ4v) is 2.63. The molecule has 0 fully saturated rings. The predicted octanol–water partition coefficient (Wildman–Crippen LogP) is 1.84. The molecule has 0 aliphatic rings. The first-order valence-corrected chi connectivity index (χ1v) is 7.19. The monoisotopic (exact) mass is 291 g/mol. The van der Waals surface area contributed by atoms with Crippen LogP contribution in [0.4, 0.5) is 5.69 Å². The number of nitrogens with two attached hydrogens (primary N) is 1. The second kappa shape index (κ2) is 6.49. The highest BCUT2D eigenvalue weighted by Crippen LogP contribution is 2.20. The lowest BCUT2D eigenvalue weighted by atomic mass is 10.2. The Hall–Kier alpha value is -1.92. The molecule has 1 heterocycles. The van der Waals surface area contributed by atoms with Gasteiger partial charge < -0.3 is 16.2 Å². The van der Waals surface area contributed by atoms with E-state index in [0.29, 0.717) is 12.2 Å². The third kappa shape index (κ3) is 3.79. The number of aryl methyl sites for hydroxylation is 1. The maximum absolute atomic E-state index is 12.0. The molecular weight excluding hydrogens is 274 g/mol. The van der Waals surface area contributed by atoms with Gasteiger partial charge in [0.05, 0.1) is 17.1 Å². The zero-order valence-electron chi connectivity index (χ0n) is 11.2. The lowest BCUT2D eigenvalue weighted by Gasteiger charge is -2.07. The summed E-state index contributed by atoms with van der Waals surface area (Å²) < 4.78 is 0. The van der Waals surface area contributed by atoms with Crippen LogP contribution in [0.15, 0.2) is 23.6 Å². The third-order valence-corrected chi connectivity index (χ3v) is 3.74. The average molecular weight is 291 g/mol. The van der Waals surface area contributed by atoms with Crippen LogP contribution < -0.4 is 11.1 Å². The fourth-order valence-electron chi connectivity index (χ4n) is 1.82. The minimum Gasteiger partial charge on any atom is -0.508 e. The second-order valence-electron chi connectivity index (χ2n) is 4.50. The van der Waals surface area contributed by atoms with Gasteiger partial charge in [-0.3, -0.25) is 4.79 Å². The molecule has 5 nitrogen and oxygen atoms in total. The van der Waals surface area contributed by atoms with E-state index in [-0.39, 0.29) is 18.1 Å². The van der Waals surface area contributed by atoms with E-state index in [1.807, 2.05) is 12.3 Å². The largest absolute Gasteiger partial charge is 0.508 e. The second-order valence-corrected chi connectivity index (χ2v) is 5.44. The summed E-state index contributed by atoms with van der Waals surface area (Å²) in [4.78, 5) is 16.3. The summed E-state index contributed by atoms with van der Waals surface area (Å²) >= 11 is 1.52. The van der Waals surface area contributed by atoms with Crippen LogP contribution in [-0.4, -0.2) is 22.5 Å². The highest BCUT2D eigenvalue weighted by Gasteiger charge is 2.09. The van der Waals surface area contributed by atoms with Crippen molar-refractivity contribution in [1.29, 1.82) is 0 Å². The average Bonchev–Trinajstić information content (AvgIpc) is 2.81. The van der Waals surface area contributed by atoms with Crippen LogP contribution in [0, 0.1) is 6.92 Å². The molecule has 4 N–H and O–H groups in total. The van der Waals surface area contributed by atoms with Gasteiger partial charge in [0.1, 0.15) is 5.75 Å². The Bertz CT molecular complexity index is 610. The van der Waals surface area contributed by atoms with E-state index in [1.165, 1.54) is 11.3 Å². The Morgan fingerprint density at radius 2 is 2.30 bits per heavy atom. The van der Waals surface area contributed by atoms with Gasteiger partial charge in [0, 0.05) is 17.5 Å². The maximum atomic E-state index is 12.0. The van der Waals surface area contributed by atoms with Gasteiger partial charge in [0.2, 0.25) is 5.91 Å². The number of amides is 1. The molecule has 2 aromatic rings. The van der Waals surface area contributed by atoms with Gasteiger partial charge >= 0.3 is 0 Å². The standard InChI is InChI=1S/C14H17N3O2S/c1-9-6-11(18)2-3-12(9)17-13(19)7-10-8-20-14(16-10)4-5-15/h2-3,6,8,18H,4-5,7,15H2,1H3,(H,17,19). The number of hydrogen-bond donors (Lipinski definition) is 3. The molecule has 0 saturated heterocycles. The molecular formula is C14H17N3O2S. The smallest absolute Gasteiger partial charge is 0.230 e. The zero-order chi connectivity index (χ0) is 14.5. The molecule has 1 amide bonds. The molecule has 0 bridgehead atoms. The SMILES string of the molecule is Cc1cc(O)ccc1NC(=O)Cc1csc(CCN)n1. The van der Waals surface area contributed by atoms with Gasteiger partial charge in [-0.1, -0.05) is 0 Å². The Morgan fingerprint density at radius 3 is 3.00 bits per heavy atom. The van der Waals surface area contributed by atoms with Gasteiger partial charge in [0.25, 0.3) is 0 Å². The molecule has 0 aliphatic heterocycles. The molecule has 1 aromatic carbocycles. The summed E-state index contributed by atoms with van der Waals surface area (Å²) in [5.41, 5.74) is 7.74. The highest BCUT2D eigenvalue weighted by molar-refractivity contribution is 7.09. The number of hydrogen-bond acceptors (Lipinski definition) is 5. The van der Waals surface area contributed by atoms with Crippen molar-refractivity contribution in [2.24, 2.45) is 5.73 Å². The molecule has 0 unspecified atom stereocenters. The molecule has 2 rings (SSSR count). The quantitative estimate of drug-likeness (QED) is 0.733. The molecule has 106 valence electrons. The van der Waals surface area contributed by atoms with E-state index >= 15 is 0 Å². The summed E-state index contributed by atoms with van der Waals surface area (Å²) in [6.45, 7) is 2.39. The number of aromatic nitrogens is 1. The molecule has 0 atom stereocenters. The highest BCUT2D eigenvalue weighted by atomic mass is 32.1. The molecule has 0 spiro atoms. The van der Waals surface area contributed by atoms with Gasteiger partial charge in [-0.25, -0.2) is 4.98 Å². The number of anilines is 1. The lowest BCUT2D eigenvalue weighted by molar-refractivity contribution is -0.115. The predicted molar refractivity (Wildman–Crippen MR) is 80.0 cm³/mol. The number of carbonyl (C=O) groups excluding carboxylic acids is 1. The minimum atomic E-state index is -0.122. The van der Waals surface area contributed by atoms with E-state index in [1.54, 1.807) is 18.2 Å². The first-order chi connectivity index (χ1) is 9.58. The van der Waals surface area contributed by atoms with E-state index in [0.717, 1.165) is 22.7 Å². The fraction of sp³-hybridized carbons (Fsp3) is 0.286. The van der Waals surface area contributed by atoms with Gasteiger partial charge in [-0.05, 0) is 37.2 Å². The first-order valence-electron chi connectivity index (χ1n) is 6.31. The number of nitrogens with one attached hydrogen (secondary N) is 1. The number of nitrogens with zero attached hydrogens (tertiary/aromatic N) is 1. The number of carbonyl (C=O) groups is 1. The number of thiazole rings is 1. The molecule has 0 radical (unpaired) electrons. The Balaban J connectivity index is 1.97. The maximum Gasteiger partial charge on any atom is 0.230 e. The van der Waals surface area contributed by atoms with Crippen molar-refractivity contribution in [3.63, 3.8) is 0 Å². The van der Waals surface area contributed by atoms with Crippen molar-refractivity contribution in [2.45, 2.75) is 19.8 Å². The van der Waals surface area contributed by atoms with Gasteiger partial charge in [-0.2, -0.15) is 0 Å². The first kappa shape index (κ1) is 14.5. The van der Waals surface area contributed by atoms with E-state index < -0.39 is 0 Å². The van der Waals surface area contributed by atoms with E-state index in [4.69, 9.17) is 5.73 Å². The van der Waals surface area contributed by atoms with Crippen molar-refractivity contribution in [3.05, 3.63) is 39.8 Å².